The quantitative estimate of drug-likeness (QED) is 0.510. The van der Waals surface area contributed by atoms with E-state index >= 15 is 0 Å². The number of aliphatic hydroxyl groups excluding tert-OH is 2. The molecule has 0 aliphatic carbocycles. The molecule has 0 unspecified atom stereocenters. The molecule has 4 heteroatoms. The van der Waals surface area contributed by atoms with Crippen molar-refractivity contribution < 1.29 is 14.9 Å². The van der Waals surface area contributed by atoms with Gasteiger partial charge in [-0.15, -0.1) is 0 Å². The molecule has 4 N–H and O–H groups in total. The van der Waals surface area contributed by atoms with Crippen molar-refractivity contribution in [1.82, 2.24) is 0 Å². The molecular formula is C22H31NO3. The lowest BCUT2D eigenvalue weighted by atomic mass is 9.93. The fourth-order valence-electron chi connectivity index (χ4n) is 2.79. The summed E-state index contributed by atoms with van der Waals surface area (Å²) < 4.78 is 5.70. The van der Waals surface area contributed by atoms with E-state index in [1.807, 2.05) is 30.3 Å². The summed E-state index contributed by atoms with van der Waals surface area (Å²) in [4.78, 5) is 0. The summed E-state index contributed by atoms with van der Waals surface area (Å²) in [6, 6.07) is 18.5. The Labute approximate surface area is 156 Å². The molecule has 26 heavy (non-hydrogen) atoms. The normalized spacial score (nSPS) is 11.5. The molecule has 0 amide bonds. The van der Waals surface area contributed by atoms with Crippen molar-refractivity contribution in [3.8, 4) is 5.75 Å². The van der Waals surface area contributed by atoms with Gasteiger partial charge in [0.2, 0.25) is 0 Å². The molecule has 0 spiro atoms. The number of para-hydroxylation sites is 1. The van der Waals surface area contributed by atoms with E-state index in [4.69, 9.17) is 10.5 Å². The van der Waals surface area contributed by atoms with Crippen molar-refractivity contribution in [3.05, 3.63) is 65.7 Å². The van der Waals surface area contributed by atoms with Gasteiger partial charge in [0.15, 0.2) is 0 Å². The smallest absolute Gasteiger partial charge is 0.119 e. The van der Waals surface area contributed by atoms with Crippen LogP contribution < -0.4 is 10.5 Å². The van der Waals surface area contributed by atoms with E-state index in [0.717, 1.165) is 44.5 Å². The highest BCUT2D eigenvalue weighted by Gasteiger charge is 2.22. The van der Waals surface area contributed by atoms with Gasteiger partial charge >= 0.3 is 0 Å². The van der Waals surface area contributed by atoms with E-state index in [2.05, 4.69) is 24.3 Å². The van der Waals surface area contributed by atoms with Gasteiger partial charge in [-0.25, -0.2) is 0 Å². The average molecular weight is 357 g/mol. The molecule has 0 atom stereocenters. The first-order chi connectivity index (χ1) is 12.6. The minimum absolute atomic E-state index is 0.199. The maximum Gasteiger partial charge on any atom is 0.119 e. The molecule has 142 valence electrons. The standard InChI is InChI=1S/C22H31NO3/c23-22(17-24,18-25)15-14-20-12-10-19(11-13-20)7-3-2-6-16-26-21-8-4-1-5-9-21/h1,4-5,8-13,24-25H,2-3,6-7,14-18,23H2. The minimum Gasteiger partial charge on any atom is -0.494 e. The lowest BCUT2D eigenvalue weighted by molar-refractivity contribution is 0.115. The molecule has 0 saturated carbocycles. The maximum atomic E-state index is 9.24. The van der Waals surface area contributed by atoms with Crippen molar-refractivity contribution in [2.45, 2.75) is 44.1 Å². The lowest BCUT2D eigenvalue weighted by Gasteiger charge is -2.24. The van der Waals surface area contributed by atoms with Gasteiger partial charge in [-0.2, -0.15) is 0 Å². The van der Waals surface area contributed by atoms with Crippen molar-refractivity contribution in [2.75, 3.05) is 19.8 Å². The third-order valence-corrected chi connectivity index (χ3v) is 4.69. The summed E-state index contributed by atoms with van der Waals surface area (Å²) in [6.45, 7) is 0.366. The van der Waals surface area contributed by atoms with Gasteiger partial charge < -0.3 is 20.7 Å². The van der Waals surface area contributed by atoms with Crippen molar-refractivity contribution in [3.63, 3.8) is 0 Å². The van der Waals surface area contributed by atoms with E-state index in [1.165, 1.54) is 11.1 Å². The van der Waals surface area contributed by atoms with Crippen molar-refractivity contribution >= 4 is 0 Å². The van der Waals surface area contributed by atoms with Crippen LogP contribution in [0.15, 0.2) is 54.6 Å². The predicted octanol–water partition coefficient (Wildman–Crippen LogP) is 3.09. The first-order valence-electron chi connectivity index (χ1n) is 9.41. The Kier molecular flexibility index (Phi) is 8.62. The molecule has 0 heterocycles. The highest BCUT2D eigenvalue weighted by atomic mass is 16.5. The number of aliphatic hydroxyl groups is 2. The van der Waals surface area contributed by atoms with Crippen LogP contribution in [0.3, 0.4) is 0 Å². The molecule has 2 rings (SSSR count). The Morgan fingerprint density at radius 2 is 1.38 bits per heavy atom. The Morgan fingerprint density at radius 1 is 0.769 bits per heavy atom. The Bertz CT molecular complexity index is 609. The third kappa shape index (κ3) is 7.16. The molecule has 0 aromatic heterocycles. The molecular weight excluding hydrogens is 326 g/mol. The lowest BCUT2D eigenvalue weighted by Crippen LogP contribution is -2.47. The first kappa shape index (κ1) is 20.4. The minimum atomic E-state index is -0.888. The van der Waals surface area contributed by atoms with Crippen LogP contribution in [0, 0.1) is 0 Å². The average Bonchev–Trinajstić information content (AvgIpc) is 2.70. The SMILES string of the molecule is NC(CO)(CO)CCc1ccc(CCCCCOc2ccccc2)cc1. The summed E-state index contributed by atoms with van der Waals surface area (Å²) in [5.74, 6) is 0.937. The molecule has 0 fully saturated rings. The van der Waals surface area contributed by atoms with Crippen LogP contribution in [0.5, 0.6) is 5.75 Å². The number of hydrogen-bond acceptors (Lipinski definition) is 4. The van der Waals surface area contributed by atoms with Gasteiger partial charge in [-0.1, -0.05) is 42.5 Å². The Balaban J connectivity index is 1.61. The molecule has 2 aromatic carbocycles. The monoisotopic (exact) mass is 357 g/mol. The van der Waals surface area contributed by atoms with Crippen molar-refractivity contribution in [1.29, 1.82) is 0 Å². The van der Waals surface area contributed by atoms with Gasteiger partial charge in [0.1, 0.15) is 5.75 Å². The van der Waals surface area contributed by atoms with Crippen LogP contribution >= 0.6 is 0 Å². The number of hydrogen-bond donors (Lipinski definition) is 3. The molecule has 0 aliphatic rings. The summed E-state index contributed by atoms with van der Waals surface area (Å²) in [5.41, 5.74) is 7.53. The Hall–Kier alpha value is -1.88. The second-order valence-corrected chi connectivity index (χ2v) is 6.97. The van der Waals surface area contributed by atoms with Gasteiger partial charge in [0.05, 0.1) is 25.4 Å². The predicted molar refractivity (Wildman–Crippen MR) is 105 cm³/mol. The molecule has 0 saturated heterocycles. The second kappa shape index (κ2) is 11.0. The first-order valence-corrected chi connectivity index (χ1v) is 9.41. The van der Waals surface area contributed by atoms with E-state index in [-0.39, 0.29) is 13.2 Å². The summed E-state index contributed by atoms with van der Waals surface area (Å²) in [6.07, 6.45) is 5.76. The fourth-order valence-corrected chi connectivity index (χ4v) is 2.79. The van der Waals surface area contributed by atoms with E-state index < -0.39 is 5.54 Å². The molecule has 4 nitrogen and oxygen atoms in total. The number of unbranched alkanes of at least 4 members (excludes halogenated alkanes) is 2. The summed E-state index contributed by atoms with van der Waals surface area (Å²) in [7, 11) is 0. The van der Waals surface area contributed by atoms with Crippen LogP contribution in [-0.2, 0) is 12.8 Å². The summed E-state index contributed by atoms with van der Waals surface area (Å²) >= 11 is 0. The number of ether oxygens (including phenoxy) is 1. The van der Waals surface area contributed by atoms with Crippen LogP contribution in [-0.4, -0.2) is 35.6 Å². The third-order valence-electron chi connectivity index (χ3n) is 4.69. The number of nitrogens with two attached hydrogens (primary N) is 1. The largest absolute Gasteiger partial charge is 0.494 e. The topological polar surface area (TPSA) is 75.7 Å². The van der Waals surface area contributed by atoms with Crippen LogP contribution in [0.25, 0.3) is 0 Å². The molecule has 0 aliphatic heterocycles. The van der Waals surface area contributed by atoms with Gasteiger partial charge in [0, 0.05) is 0 Å². The van der Waals surface area contributed by atoms with Crippen LogP contribution in [0.1, 0.15) is 36.8 Å². The van der Waals surface area contributed by atoms with Crippen LogP contribution in [0.2, 0.25) is 0 Å². The van der Waals surface area contributed by atoms with E-state index in [0.29, 0.717) is 6.42 Å². The summed E-state index contributed by atoms with van der Waals surface area (Å²) in [5, 5.41) is 18.5. The second-order valence-electron chi connectivity index (χ2n) is 6.97. The molecule has 2 aromatic rings. The number of rotatable bonds is 12. The highest BCUT2D eigenvalue weighted by Crippen LogP contribution is 2.14. The molecule has 0 bridgehead atoms. The highest BCUT2D eigenvalue weighted by molar-refractivity contribution is 5.23. The maximum absolute atomic E-state index is 9.24. The molecule has 0 radical (unpaired) electrons. The van der Waals surface area contributed by atoms with Gasteiger partial charge in [0.25, 0.3) is 0 Å². The van der Waals surface area contributed by atoms with Crippen molar-refractivity contribution in [2.24, 2.45) is 5.73 Å². The zero-order chi connectivity index (χ0) is 18.7. The Morgan fingerprint density at radius 3 is 2.00 bits per heavy atom. The zero-order valence-electron chi connectivity index (χ0n) is 15.4. The van der Waals surface area contributed by atoms with E-state index in [1.54, 1.807) is 0 Å². The fraction of sp³-hybridized carbons (Fsp3) is 0.455. The van der Waals surface area contributed by atoms with Gasteiger partial charge in [-0.05, 0) is 61.8 Å². The van der Waals surface area contributed by atoms with Gasteiger partial charge in [-0.3, -0.25) is 0 Å². The van der Waals surface area contributed by atoms with E-state index in [9.17, 15) is 10.2 Å². The zero-order valence-corrected chi connectivity index (χ0v) is 15.4. The van der Waals surface area contributed by atoms with Crippen LogP contribution in [0.4, 0.5) is 0 Å². The number of benzene rings is 2. The number of aryl methyl sites for hydroxylation is 2.